The SMILES string of the molecule is Cc1c(-c2ccc(N)nc2)c(F)cn2c(=O)c(C(=O)[O-])cc(C3CC3)c12.[K+]. The molecule has 8 heteroatoms. The van der Waals surface area contributed by atoms with E-state index in [0.29, 0.717) is 28.0 Å². The fourth-order valence-corrected chi connectivity index (χ4v) is 3.41. The molecule has 0 aromatic carbocycles. The number of rotatable bonds is 3. The summed E-state index contributed by atoms with van der Waals surface area (Å²) >= 11 is 0. The van der Waals surface area contributed by atoms with Gasteiger partial charge in [-0.1, -0.05) is 0 Å². The number of nitrogen functional groups attached to an aromatic ring is 1. The molecule has 0 radical (unpaired) electrons. The van der Waals surface area contributed by atoms with Crippen LogP contribution in [0.3, 0.4) is 0 Å². The number of nitrogens with zero attached hydrogens (tertiary/aromatic N) is 2. The van der Waals surface area contributed by atoms with E-state index in [4.69, 9.17) is 5.73 Å². The van der Waals surface area contributed by atoms with Gasteiger partial charge in [-0.15, -0.1) is 0 Å². The number of halogens is 1. The van der Waals surface area contributed by atoms with Gasteiger partial charge >= 0.3 is 51.4 Å². The van der Waals surface area contributed by atoms with Crippen molar-refractivity contribution in [3.8, 4) is 11.1 Å². The van der Waals surface area contributed by atoms with Crippen molar-refractivity contribution in [3.63, 3.8) is 0 Å². The van der Waals surface area contributed by atoms with Crippen LogP contribution in [0.4, 0.5) is 10.2 Å². The second-order valence-corrected chi connectivity index (χ2v) is 6.55. The van der Waals surface area contributed by atoms with Gasteiger partial charge in [0.15, 0.2) is 0 Å². The Balaban J connectivity index is 0.00000210. The van der Waals surface area contributed by atoms with Crippen molar-refractivity contribution in [3.05, 3.63) is 63.5 Å². The maximum Gasteiger partial charge on any atom is 1.00 e. The fraction of sp³-hybridized carbons (Fsp3) is 0.211. The zero-order valence-electron chi connectivity index (χ0n) is 15.0. The van der Waals surface area contributed by atoms with Gasteiger partial charge in [0.25, 0.3) is 5.56 Å². The van der Waals surface area contributed by atoms with Crippen LogP contribution in [0.1, 0.15) is 40.2 Å². The van der Waals surface area contributed by atoms with Crippen molar-refractivity contribution in [2.45, 2.75) is 25.7 Å². The van der Waals surface area contributed by atoms with E-state index in [1.54, 1.807) is 19.1 Å². The van der Waals surface area contributed by atoms with Crippen molar-refractivity contribution < 1.29 is 65.7 Å². The molecule has 1 saturated carbocycles. The van der Waals surface area contributed by atoms with Gasteiger partial charge in [-0.25, -0.2) is 9.37 Å². The molecule has 0 saturated heterocycles. The maximum atomic E-state index is 14.8. The first kappa shape index (κ1) is 20.2. The number of hydrogen-bond donors (Lipinski definition) is 1. The Morgan fingerprint density at radius 2 is 2.07 bits per heavy atom. The summed E-state index contributed by atoms with van der Waals surface area (Å²) in [5, 5.41) is 11.3. The minimum Gasteiger partial charge on any atom is -0.545 e. The van der Waals surface area contributed by atoms with E-state index >= 15 is 0 Å². The number of fused-ring (bicyclic) bond motifs is 1. The van der Waals surface area contributed by atoms with Gasteiger partial charge in [0.2, 0.25) is 0 Å². The van der Waals surface area contributed by atoms with Gasteiger partial charge in [0.05, 0.1) is 17.0 Å². The summed E-state index contributed by atoms with van der Waals surface area (Å²) in [4.78, 5) is 27.8. The number of aromatic nitrogens is 2. The molecule has 0 unspecified atom stereocenters. The second kappa shape index (κ2) is 7.44. The molecule has 3 aromatic heterocycles. The molecule has 0 bridgehead atoms. The van der Waals surface area contributed by atoms with Crippen molar-refractivity contribution >= 4 is 17.3 Å². The third-order valence-electron chi connectivity index (χ3n) is 4.79. The molecule has 2 N–H and O–H groups in total. The van der Waals surface area contributed by atoms with Crippen LogP contribution in [0, 0.1) is 12.7 Å². The zero-order valence-corrected chi connectivity index (χ0v) is 18.1. The second-order valence-electron chi connectivity index (χ2n) is 6.55. The summed E-state index contributed by atoms with van der Waals surface area (Å²) in [7, 11) is 0. The number of aromatic carboxylic acids is 1. The first-order valence-electron chi connectivity index (χ1n) is 8.20. The first-order valence-corrected chi connectivity index (χ1v) is 8.20. The number of hydrogen-bond acceptors (Lipinski definition) is 5. The van der Waals surface area contributed by atoms with Crippen LogP contribution in [0.2, 0.25) is 0 Å². The molecule has 0 aliphatic heterocycles. The average molecular weight is 391 g/mol. The number of carboxylic acid groups (broad SMARTS) is 1. The van der Waals surface area contributed by atoms with Crippen molar-refractivity contribution in [1.29, 1.82) is 0 Å². The summed E-state index contributed by atoms with van der Waals surface area (Å²) < 4.78 is 15.9. The minimum atomic E-state index is -1.56. The molecule has 132 valence electrons. The standard InChI is InChI=1S/C19H16FN3O3.K/c1-9-16(11-4-5-15(21)22-7-11)14(20)8-23-17(9)12(10-2-3-10)6-13(18(23)24)19(25)26;/h4-8,10H,2-3H2,1H3,(H2,21,22)(H,25,26);/q;+1/p-1. The largest absolute Gasteiger partial charge is 1.00 e. The third-order valence-corrected chi connectivity index (χ3v) is 4.79. The van der Waals surface area contributed by atoms with Crippen LogP contribution < -0.4 is 67.8 Å². The summed E-state index contributed by atoms with van der Waals surface area (Å²) in [6, 6.07) is 4.61. The molecule has 1 fully saturated rings. The normalized spacial score (nSPS) is 13.4. The molecule has 3 heterocycles. The smallest absolute Gasteiger partial charge is 0.545 e. The molecule has 0 spiro atoms. The predicted molar refractivity (Wildman–Crippen MR) is 92.3 cm³/mol. The van der Waals surface area contributed by atoms with Crippen LogP contribution in [0.5, 0.6) is 0 Å². The fourth-order valence-electron chi connectivity index (χ4n) is 3.41. The van der Waals surface area contributed by atoms with E-state index in [2.05, 4.69) is 4.98 Å². The van der Waals surface area contributed by atoms with E-state index in [-0.39, 0.29) is 57.3 Å². The van der Waals surface area contributed by atoms with Crippen molar-refractivity contribution in [1.82, 2.24) is 9.38 Å². The van der Waals surface area contributed by atoms with Crippen molar-refractivity contribution in [2.24, 2.45) is 0 Å². The number of carbonyl (C=O) groups excluding carboxylic acids is 1. The number of carbonyl (C=O) groups is 1. The summed E-state index contributed by atoms with van der Waals surface area (Å²) in [6.45, 7) is 1.72. The van der Waals surface area contributed by atoms with Gasteiger partial charge in [-0.05, 0) is 55.0 Å². The van der Waals surface area contributed by atoms with Crippen LogP contribution in [-0.4, -0.2) is 15.4 Å². The monoisotopic (exact) mass is 391 g/mol. The number of nitrogens with two attached hydrogens (primary N) is 1. The van der Waals surface area contributed by atoms with Crippen LogP contribution in [0.25, 0.3) is 16.6 Å². The Kier molecular flexibility index (Phi) is 5.56. The van der Waals surface area contributed by atoms with E-state index in [1.807, 2.05) is 0 Å². The van der Waals surface area contributed by atoms with Crippen LogP contribution in [-0.2, 0) is 0 Å². The number of pyridine rings is 3. The summed E-state index contributed by atoms with van der Waals surface area (Å²) in [5.74, 6) is -1.72. The number of aryl methyl sites for hydroxylation is 1. The molecular formula is C19H15FKN3O3. The summed E-state index contributed by atoms with van der Waals surface area (Å²) in [6.07, 6.45) is 4.31. The average Bonchev–Trinajstić information content (AvgIpc) is 3.42. The van der Waals surface area contributed by atoms with E-state index in [0.717, 1.165) is 29.0 Å². The topological polar surface area (TPSA) is 101 Å². The van der Waals surface area contributed by atoms with Crippen LogP contribution >= 0.6 is 0 Å². The molecule has 3 aromatic rings. The molecule has 1 aliphatic carbocycles. The molecule has 27 heavy (non-hydrogen) atoms. The van der Waals surface area contributed by atoms with Gasteiger partial charge < -0.3 is 15.6 Å². The maximum absolute atomic E-state index is 14.8. The van der Waals surface area contributed by atoms with E-state index < -0.39 is 22.9 Å². The van der Waals surface area contributed by atoms with Gasteiger partial charge in [-0.2, -0.15) is 0 Å². The Labute approximate surface area is 196 Å². The molecule has 4 rings (SSSR count). The molecule has 0 amide bonds. The first-order chi connectivity index (χ1) is 12.4. The molecule has 0 atom stereocenters. The summed E-state index contributed by atoms with van der Waals surface area (Å²) in [5.41, 5.74) is 7.02. The Bertz CT molecular complexity index is 1120. The van der Waals surface area contributed by atoms with Crippen LogP contribution in [0.15, 0.2) is 35.4 Å². The molecular weight excluding hydrogens is 376 g/mol. The molecule has 1 aliphatic rings. The Morgan fingerprint density at radius 3 is 2.63 bits per heavy atom. The number of anilines is 1. The van der Waals surface area contributed by atoms with Gasteiger partial charge in [0, 0.05) is 23.5 Å². The quantitative estimate of drug-likeness (QED) is 0.556. The van der Waals surface area contributed by atoms with E-state index in [9.17, 15) is 19.1 Å². The predicted octanol–water partition coefficient (Wildman–Crippen LogP) is -1.36. The molecule has 6 nitrogen and oxygen atoms in total. The zero-order chi connectivity index (χ0) is 18.6. The van der Waals surface area contributed by atoms with Gasteiger partial charge in [-0.3, -0.25) is 9.20 Å². The third kappa shape index (κ3) is 3.48. The van der Waals surface area contributed by atoms with Gasteiger partial charge in [0.1, 0.15) is 11.6 Å². The Morgan fingerprint density at radius 1 is 1.37 bits per heavy atom. The van der Waals surface area contributed by atoms with E-state index in [1.165, 1.54) is 12.3 Å². The Hall–Kier alpha value is -1.58. The number of carboxylic acids is 1. The minimum absolute atomic E-state index is 0. The van der Waals surface area contributed by atoms with Crippen molar-refractivity contribution in [2.75, 3.05) is 5.73 Å².